The Kier molecular flexibility index (Phi) is 6.34. The van der Waals surface area contributed by atoms with Crippen LogP contribution in [0.3, 0.4) is 0 Å². The van der Waals surface area contributed by atoms with Crippen LogP contribution in [0, 0.1) is 0 Å². The average Bonchev–Trinajstić information content (AvgIpc) is 3.01. The molecule has 0 radical (unpaired) electrons. The van der Waals surface area contributed by atoms with E-state index in [1.807, 2.05) is 0 Å². The molecule has 190 valence electrons. The second kappa shape index (κ2) is 10.4. The maximum Gasteiger partial charge on any atom is 0.0464 e. The van der Waals surface area contributed by atoms with Gasteiger partial charge in [-0.25, -0.2) is 0 Å². The highest BCUT2D eigenvalue weighted by atomic mass is 14.9. The second-order valence-corrected chi connectivity index (χ2v) is 10.8. The maximum atomic E-state index is 3.87. The van der Waals surface area contributed by atoms with Crippen molar-refractivity contribution in [2.24, 2.45) is 0 Å². The number of para-hydroxylation sites is 2. The van der Waals surface area contributed by atoms with E-state index in [2.05, 4.69) is 133 Å². The first-order valence-corrected chi connectivity index (χ1v) is 14.3. The van der Waals surface area contributed by atoms with Crippen LogP contribution >= 0.6 is 0 Å². The van der Waals surface area contributed by atoms with Crippen LogP contribution in [0.2, 0.25) is 0 Å². The Hall–Kier alpha value is -4.36. The van der Waals surface area contributed by atoms with Crippen molar-refractivity contribution >= 4 is 32.9 Å². The Morgan fingerprint density at radius 1 is 0.410 bits per heavy atom. The Balaban J connectivity index is 1.34. The molecule has 1 aliphatic carbocycles. The van der Waals surface area contributed by atoms with E-state index in [0.717, 1.165) is 5.69 Å². The molecule has 0 spiro atoms. The molecule has 0 amide bonds. The number of rotatable bonds is 5. The molecular formula is C38H33N. The number of fused-ring (bicyclic) bond motifs is 2. The molecule has 1 aliphatic rings. The summed E-state index contributed by atoms with van der Waals surface area (Å²) in [5.74, 6) is 0.649. The molecule has 0 aromatic heterocycles. The summed E-state index contributed by atoms with van der Waals surface area (Å²) >= 11 is 0. The summed E-state index contributed by atoms with van der Waals surface area (Å²) in [5.41, 5.74) is 8.91. The maximum absolute atomic E-state index is 3.87. The van der Waals surface area contributed by atoms with E-state index < -0.39 is 0 Å². The minimum Gasteiger partial charge on any atom is -0.355 e. The van der Waals surface area contributed by atoms with Crippen molar-refractivity contribution in [2.45, 2.75) is 38.0 Å². The Labute approximate surface area is 231 Å². The lowest BCUT2D eigenvalue weighted by Gasteiger charge is -2.25. The molecule has 39 heavy (non-hydrogen) atoms. The molecule has 0 heterocycles. The summed E-state index contributed by atoms with van der Waals surface area (Å²) in [6.45, 7) is 0. The number of nitrogens with one attached hydrogen (secondary N) is 1. The van der Waals surface area contributed by atoms with Crippen LogP contribution in [0.4, 0.5) is 11.4 Å². The zero-order valence-corrected chi connectivity index (χ0v) is 22.2. The standard InChI is InChI=1S/C38H33N/c1-2-13-28(14-3-1)30-18-8-10-23-37(30)39-38-24-11-9-21-36(38)35-26-25-34(32-19-6-7-20-33(32)35)31-22-12-16-27-15-4-5-17-29(27)31/h4-12,15-26,28,39H,1-3,13-14H2. The van der Waals surface area contributed by atoms with Crippen LogP contribution in [0.25, 0.3) is 43.8 Å². The van der Waals surface area contributed by atoms with Gasteiger partial charge >= 0.3 is 0 Å². The van der Waals surface area contributed by atoms with Gasteiger partial charge < -0.3 is 5.32 Å². The third-order valence-electron chi connectivity index (χ3n) is 8.50. The van der Waals surface area contributed by atoms with Gasteiger partial charge in [-0.1, -0.05) is 135 Å². The van der Waals surface area contributed by atoms with Crippen molar-refractivity contribution in [3.63, 3.8) is 0 Å². The first-order chi connectivity index (χ1) is 19.4. The van der Waals surface area contributed by atoms with Crippen LogP contribution in [0.1, 0.15) is 43.6 Å². The van der Waals surface area contributed by atoms with Crippen molar-refractivity contribution in [3.8, 4) is 22.3 Å². The van der Waals surface area contributed by atoms with Crippen molar-refractivity contribution in [1.29, 1.82) is 0 Å². The molecule has 6 aromatic rings. The van der Waals surface area contributed by atoms with E-state index >= 15 is 0 Å². The van der Waals surface area contributed by atoms with Crippen LogP contribution in [0.15, 0.2) is 127 Å². The van der Waals surface area contributed by atoms with E-state index in [1.165, 1.54) is 87.2 Å². The predicted octanol–water partition coefficient (Wildman–Crippen LogP) is 11.1. The zero-order valence-electron chi connectivity index (χ0n) is 22.2. The third kappa shape index (κ3) is 4.49. The zero-order chi connectivity index (χ0) is 26.0. The van der Waals surface area contributed by atoms with E-state index in [9.17, 15) is 0 Å². The number of benzene rings is 6. The first-order valence-electron chi connectivity index (χ1n) is 14.3. The Morgan fingerprint density at radius 3 is 1.74 bits per heavy atom. The smallest absolute Gasteiger partial charge is 0.0464 e. The van der Waals surface area contributed by atoms with Crippen LogP contribution in [0.5, 0.6) is 0 Å². The highest BCUT2D eigenvalue weighted by Gasteiger charge is 2.19. The molecule has 0 saturated heterocycles. The summed E-state index contributed by atoms with van der Waals surface area (Å²) in [5, 5.41) is 8.99. The monoisotopic (exact) mass is 503 g/mol. The third-order valence-corrected chi connectivity index (χ3v) is 8.50. The molecular weight excluding hydrogens is 470 g/mol. The van der Waals surface area contributed by atoms with Crippen molar-refractivity contribution in [1.82, 2.24) is 0 Å². The van der Waals surface area contributed by atoms with Crippen molar-refractivity contribution in [2.75, 3.05) is 5.32 Å². The fourth-order valence-electron chi connectivity index (χ4n) is 6.58. The predicted molar refractivity (Wildman–Crippen MR) is 168 cm³/mol. The normalized spacial score (nSPS) is 14.1. The minimum atomic E-state index is 0.649. The number of hydrogen-bond acceptors (Lipinski definition) is 1. The fourth-order valence-corrected chi connectivity index (χ4v) is 6.58. The molecule has 1 fully saturated rings. The van der Waals surface area contributed by atoms with Gasteiger partial charge in [0.25, 0.3) is 0 Å². The van der Waals surface area contributed by atoms with E-state index in [1.54, 1.807) is 0 Å². The number of anilines is 2. The topological polar surface area (TPSA) is 12.0 Å². The first kappa shape index (κ1) is 23.7. The summed E-state index contributed by atoms with van der Waals surface area (Å²) in [4.78, 5) is 0. The molecule has 0 bridgehead atoms. The quantitative estimate of drug-likeness (QED) is 0.247. The van der Waals surface area contributed by atoms with Crippen LogP contribution in [-0.2, 0) is 0 Å². The lowest BCUT2D eigenvalue weighted by atomic mass is 9.83. The lowest BCUT2D eigenvalue weighted by Crippen LogP contribution is -2.07. The summed E-state index contributed by atoms with van der Waals surface area (Å²) in [7, 11) is 0. The van der Waals surface area contributed by atoms with Gasteiger partial charge in [0, 0.05) is 16.9 Å². The highest BCUT2D eigenvalue weighted by molar-refractivity contribution is 6.10. The molecule has 0 unspecified atom stereocenters. The second-order valence-electron chi connectivity index (χ2n) is 10.8. The van der Waals surface area contributed by atoms with Gasteiger partial charge in [-0.3, -0.25) is 0 Å². The average molecular weight is 504 g/mol. The van der Waals surface area contributed by atoms with Gasteiger partial charge in [-0.2, -0.15) is 0 Å². The van der Waals surface area contributed by atoms with E-state index in [-0.39, 0.29) is 0 Å². The molecule has 1 nitrogen and oxygen atoms in total. The van der Waals surface area contributed by atoms with Crippen LogP contribution in [-0.4, -0.2) is 0 Å². The molecule has 1 heteroatoms. The molecule has 1 N–H and O–H groups in total. The molecule has 0 atom stereocenters. The summed E-state index contributed by atoms with van der Waals surface area (Å²) in [6, 6.07) is 46.5. The lowest BCUT2D eigenvalue weighted by molar-refractivity contribution is 0.444. The van der Waals surface area contributed by atoms with Gasteiger partial charge in [0.05, 0.1) is 0 Å². The van der Waals surface area contributed by atoms with Gasteiger partial charge in [0.15, 0.2) is 0 Å². The molecule has 0 aliphatic heterocycles. The SMILES string of the molecule is c1ccc(-c2ccc(-c3cccc4ccccc34)c3ccccc23)c(Nc2ccccc2C2CCCCC2)c1. The largest absolute Gasteiger partial charge is 0.355 e. The van der Waals surface area contributed by atoms with Gasteiger partial charge in [-0.05, 0) is 74.7 Å². The highest BCUT2D eigenvalue weighted by Crippen LogP contribution is 2.42. The Morgan fingerprint density at radius 2 is 0.949 bits per heavy atom. The van der Waals surface area contributed by atoms with Crippen molar-refractivity contribution in [3.05, 3.63) is 133 Å². The Bertz CT molecular complexity index is 1770. The van der Waals surface area contributed by atoms with Gasteiger partial charge in [0.1, 0.15) is 0 Å². The van der Waals surface area contributed by atoms with Crippen molar-refractivity contribution < 1.29 is 0 Å². The molecule has 1 saturated carbocycles. The fraction of sp³-hybridized carbons (Fsp3) is 0.158. The molecule has 6 aromatic carbocycles. The van der Waals surface area contributed by atoms with Gasteiger partial charge in [-0.15, -0.1) is 0 Å². The number of hydrogen-bond donors (Lipinski definition) is 1. The minimum absolute atomic E-state index is 0.649. The summed E-state index contributed by atoms with van der Waals surface area (Å²) in [6.07, 6.45) is 6.63. The summed E-state index contributed by atoms with van der Waals surface area (Å²) < 4.78 is 0. The van der Waals surface area contributed by atoms with E-state index in [0.29, 0.717) is 5.92 Å². The van der Waals surface area contributed by atoms with E-state index in [4.69, 9.17) is 0 Å². The van der Waals surface area contributed by atoms with Gasteiger partial charge in [0.2, 0.25) is 0 Å². The molecule has 7 rings (SSSR count). The van der Waals surface area contributed by atoms with Crippen LogP contribution < -0.4 is 5.32 Å².